The highest BCUT2D eigenvalue weighted by Gasteiger charge is 2.41. The number of guanidine groups is 1. The van der Waals surface area contributed by atoms with E-state index in [1.807, 2.05) is 17.0 Å². The van der Waals surface area contributed by atoms with Crippen molar-refractivity contribution in [3.8, 4) is 0 Å². The molecule has 0 unspecified atom stereocenters. The molecule has 2 saturated heterocycles. The number of hydrogen-bond donors (Lipinski definition) is 1. The Balaban J connectivity index is 1.46. The van der Waals surface area contributed by atoms with Gasteiger partial charge in [-0.05, 0) is 51.8 Å². The Bertz CT molecular complexity index is 833. The molecule has 1 aromatic carbocycles. The maximum absolute atomic E-state index is 13.9. The summed E-state index contributed by atoms with van der Waals surface area (Å²) < 4.78 is 37.6. The SMILES string of the molecule is CN=C(NCC1CCN(Cc2ccccc2F)CC1)N1CCS(=O)(=O)C(C)(C)C1. The summed E-state index contributed by atoms with van der Waals surface area (Å²) in [6.07, 6.45) is 2.11. The monoisotopic (exact) mass is 424 g/mol. The molecular formula is C21H33FN4O2S. The highest BCUT2D eigenvalue weighted by Crippen LogP contribution is 2.24. The van der Waals surface area contributed by atoms with Gasteiger partial charge in [0.1, 0.15) is 5.82 Å². The van der Waals surface area contributed by atoms with E-state index >= 15 is 0 Å². The highest BCUT2D eigenvalue weighted by atomic mass is 32.2. The predicted octanol–water partition coefficient (Wildman–Crippen LogP) is 2.12. The van der Waals surface area contributed by atoms with Crippen LogP contribution in [0.1, 0.15) is 32.3 Å². The number of rotatable bonds is 4. The van der Waals surface area contributed by atoms with E-state index in [1.54, 1.807) is 27.0 Å². The number of hydrogen-bond acceptors (Lipinski definition) is 4. The van der Waals surface area contributed by atoms with Gasteiger partial charge in [0.15, 0.2) is 15.8 Å². The number of nitrogens with one attached hydrogen (secondary N) is 1. The predicted molar refractivity (Wildman–Crippen MR) is 115 cm³/mol. The number of nitrogens with zero attached hydrogens (tertiary/aromatic N) is 3. The lowest BCUT2D eigenvalue weighted by atomic mass is 9.96. The molecule has 2 aliphatic rings. The summed E-state index contributed by atoms with van der Waals surface area (Å²) in [4.78, 5) is 8.73. The number of likely N-dealkylation sites (tertiary alicyclic amines) is 1. The highest BCUT2D eigenvalue weighted by molar-refractivity contribution is 7.92. The van der Waals surface area contributed by atoms with Crippen molar-refractivity contribution in [1.29, 1.82) is 0 Å². The molecule has 1 aromatic rings. The van der Waals surface area contributed by atoms with Gasteiger partial charge in [-0.3, -0.25) is 9.89 Å². The third kappa shape index (κ3) is 5.28. The molecule has 0 saturated carbocycles. The van der Waals surface area contributed by atoms with Crippen LogP contribution in [0.5, 0.6) is 0 Å². The van der Waals surface area contributed by atoms with Gasteiger partial charge in [0.05, 0.1) is 10.5 Å². The maximum atomic E-state index is 13.9. The molecule has 8 heteroatoms. The quantitative estimate of drug-likeness (QED) is 0.593. The van der Waals surface area contributed by atoms with E-state index in [0.29, 0.717) is 25.6 Å². The molecule has 0 radical (unpaired) electrons. The third-order valence-electron chi connectivity index (χ3n) is 6.16. The van der Waals surface area contributed by atoms with Crippen LogP contribution in [0.2, 0.25) is 0 Å². The van der Waals surface area contributed by atoms with Crippen LogP contribution < -0.4 is 5.32 Å². The summed E-state index contributed by atoms with van der Waals surface area (Å²) in [6, 6.07) is 6.98. The lowest BCUT2D eigenvalue weighted by Gasteiger charge is -2.39. The van der Waals surface area contributed by atoms with Crippen LogP contribution in [0, 0.1) is 11.7 Å². The first-order valence-corrected chi connectivity index (χ1v) is 12.0. The molecule has 29 heavy (non-hydrogen) atoms. The third-order valence-corrected chi connectivity index (χ3v) is 8.70. The second-order valence-electron chi connectivity index (χ2n) is 8.74. The lowest BCUT2D eigenvalue weighted by molar-refractivity contribution is 0.175. The normalized spacial score (nSPS) is 23.2. The van der Waals surface area contributed by atoms with Gasteiger partial charge in [-0.15, -0.1) is 0 Å². The van der Waals surface area contributed by atoms with E-state index in [1.165, 1.54) is 6.07 Å². The second-order valence-corrected chi connectivity index (χ2v) is 11.5. The molecule has 3 rings (SSSR count). The fraction of sp³-hybridized carbons (Fsp3) is 0.667. The Kier molecular flexibility index (Phi) is 6.83. The van der Waals surface area contributed by atoms with Crippen molar-refractivity contribution >= 4 is 15.8 Å². The van der Waals surface area contributed by atoms with Crippen LogP contribution in [-0.4, -0.2) is 74.4 Å². The van der Waals surface area contributed by atoms with Crippen LogP contribution in [0.15, 0.2) is 29.3 Å². The van der Waals surface area contributed by atoms with Gasteiger partial charge in [-0.25, -0.2) is 12.8 Å². The molecule has 2 heterocycles. The summed E-state index contributed by atoms with van der Waals surface area (Å²) in [5.41, 5.74) is 0.757. The zero-order chi connectivity index (χ0) is 21.1. The lowest BCUT2D eigenvalue weighted by Crippen LogP contribution is -2.57. The van der Waals surface area contributed by atoms with Crippen LogP contribution in [0.3, 0.4) is 0 Å². The fourth-order valence-electron chi connectivity index (χ4n) is 4.11. The number of halogens is 1. The first-order valence-electron chi connectivity index (χ1n) is 10.4. The molecule has 1 N–H and O–H groups in total. The molecule has 0 bridgehead atoms. The molecule has 0 atom stereocenters. The Morgan fingerprint density at radius 2 is 1.93 bits per heavy atom. The van der Waals surface area contributed by atoms with Crippen molar-refractivity contribution in [1.82, 2.24) is 15.1 Å². The summed E-state index contributed by atoms with van der Waals surface area (Å²) in [5, 5.41) is 3.45. The molecule has 0 amide bonds. The molecule has 0 spiro atoms. The molecule has 6 nitrogen and oxygen atoms in total. The Morgan fingerprint density at radius 3 is 2.55 bits per heavy atom. The first-order chi connectivity index (χ1) is 13.7. The molecule has 0 aliphatic carbocycles. The smallest absolute Gasteiger partial charge is 0.193 e. The number of sulfone groups is 1. The average Bonchev–Trinajstić information content (AvgIpc) is 2.68. The van der Waals surface area contributed by atoms with E-state index in [2.05, 4.69) is 15.2 Å². The topological polar surface area (TPSA) is 65.0 Å². The largest absolute Gasteiger partial charge is 0.356 e. The zero-order valence-corrected chi connectivity index (χ0v) is 18.5. The molecular weight excluding hydrogens is 391 g/mol. The summed E-state index contributed by atoms with van der Waals surface area (Å²) in [6.45, 7) is 7.89. The first kappa shape index (κ1) is 22.0. The molecule has 0 aromatic heterocycles. The van der Waals surface area contributed by atoms with Crippen molar-refractivity contribution in [2.45, 2.75) is 38.0 Å². The average molecular weight is 425 g/mol. The standard InChI is InChI=1S/C21H33FN4O2S/c1-21(2)16-26(12-13-29(21,27)28)20(23-3)24-14-17-8-10-25(11-9-17)15-18-6-4-5-7-19(18)22/h4-7,17H,8-16H2,1-3H3,(H,23,24). The van der Waals surface area contributed by atoms with Crippen molar-refractivity contribution < 1.29 is 12.8 Å². The van der Waals surface area contributed by atoms with E-state index in [4.69, 9.17) is 0 Å². The maximum Gasteiger partial charge on any atom is 0.193 e. The second kappa shape index (κ2) is 9.00. The number of piperidine rings is 1. The minimum atomic E-state index is -3.06. The van der Waals surface area contributed by atoms with Gasteiger partial charge in [-0.1, -0.05) is 18.2 Å². The van der Waals surface area contributed by atoms with Crippen LogP contribution in [-0.2, 0) is 16.4 Å². The van der Waals surface area contributed by atoms with Crippen LogP contribution >= 0.6 is 0 Å². The van der Waals surface area contributed by atoms with Crippen molar-refractivity contribution in [2.24, 2.45) is 10.9 Å². The summed E-state index contributed by atoms with van der Waals surface area (Å²) in [7, 11) is -1.32. The van der Waals surface area contributed by atoms with E-state index in [0.717, 1.165) is 44.0 Å². The van der Waals surface area contributed by atoms with E-state index in [9.17, 15) is 12.8 Å². The molecule has 2 fully saturated rings. The van der Waals surface area contributed by atoms with Gasteiger partial charge in [0.25, 0.3) is 0 Å². The van der Waals surface area contributed by atoms with Gasteiger partial charge in [-0.2, -0.15) is 0 Å². The Morgan fingerprint density at radius 1 is 1.24 bits per heavy atom. The number of benzene rings is 1. The van der Waals surface area contributed by atoms with Gasteiger partial charge >= 0.3 is 0 Å². The minimum absolute atomic E-state index is 0.133. The van der Waals surface area contributed by atoms with Crippen LogP contribution in [0.25, 0.3) is 0 Å². The Labute approximate surface area is 174 Å². The molecule has 2 aliphatic heterocycles. The minimum Gasteiger partial charge on any atom is -0.356 e. The Hall–Kier alpha value is -1.67. The van der Waals surface area contributed by atoms with E-state index < -0.39 is 14.6 Å². The zero-order valence-electron chi connectivity index (χ0n) is 17.7. The van der Waals surface area contributed by atoms with Gasteiger partial charge in [0.2, 0.25) is 0 Å². The summed E-state index contributed by atoms with van der Waals surface area (Å²) >= 11 is 0. The van der Waals surface area contributed by atoms with E-state index in [-0.39, 0.29) is 11.6 Å². The van der Waals surface area contributed by atoms with Crippen LogP contribution in [0.4, 0.5) is 4.39 Å². The van der Waals surface area contributed by atoms with Gasteiger partial charge in [0, 0.05) is 38.8 Å². The van der Waals surface area contributed by atoms with Gasteiger partial charge < -0.3 is 10.2 Å². The van der Waals surface area contributed by atoms with Crippen molar-refractivity contribution in [3.63, 3.8) is 0 Å². The fourth-order valence-corrected chi connectivity index (χ4v) is 5.47. The van der Waals surface area contributed by atoms with Crippen molar-refractivity contribution in [2.75, 3.05) is 45.5 Å². The van der Waals surface area contributed by atoms with Crippen molar-refractivity contribution in [3.05, 3.63) is 35.6 Å². The summed E-state index contributed by atoms with van der Waals surface area (Å²) in [5.74, 6) is 1.34. The number of aliphatic imine (C=N–C) groups is 1. The molecule has 162 valence electrons.